The number of carboxylic acids is 1. The van der Waals surface area contributed by atoms with Crippen LogP contribution in [0.3, 0.4) is 0 Å². The van der Waals surface area contributed by atoms with Gasteiger partial charge < -0.3 is 25.2 Å². The minimum atomic E-state index is -1.35. The van der Waals surface area contributed by atoms with Crippen molar-refractivity contribution in [1.29, 1.82) is 0 Å². The summed E-state index contributed by atoms with van der Waals surface area (Å²) in [4.78, 5) is 16.0. The van der Waals surface area contributed by atoms with Gasteiger partial charge in [0.2, 0.25) is 6.29 Å². The molecule has 1 aromatic carbocycles. The first-order chi connectivity index (χ1) is 9.54. The van der Waals surface area contributed by atoms with E-state index in [9.17, 15) is 15.0 Å². The van der Waals surface area contributed by atoms with Crippen LogP contribution in [-0.4, -0.2) is 57.6 Å². The molecule has 0 bridgehead atoms. The topological polar surface area (TPSA) is 128 Å². The number of ether oxygens (including phenoxy) is 1. The number of anilines is 1. The van der Waals surface area contributed by atoms with Crippen molar-refractivity contribution in [2.24, 2.45) is 0 Å². The van der Waals surface area contributed by atoms with E-state index in [0.29, 0.717) is 0 Å². The summed E-state index contributed by atoms with van der Waals surface area (Å²) < 4.78 is 5.08. The van der Waals surface area contributed by atoms with Gasteiger partial charge in [0.15, 0.2) is 0 Å². The summed E-state index contributed by atoms with van der Waals surface area (Å²) in [5.74, 6) is -1.14. The van der Waals surface area contributed by atoms with E-state index in [4.69, 9.17) is 19.8 Å². The molecule has 2 rings (SSSR count). The van der Waals surface area contributed by atoms with Gasteiger partial charge in [-0.15, -0.1) is 0 Å². The number of hydrogen-bond donors (Lipinski definition) is 5. The van der Waals surface area contributed by atoms with Crippen molar-refractivity contribution >= 4 is 11.7 Å². The van der Waals surface area contributed by atoms with E-state index in [1.165, 1.54) is 12.1 Å². The standard InChI is InChI=1S/C12H15NO7/c14-5-8-9(15)10(16)12(19-8)20-13-7-4-2-1-3-6(7)11(17)18/h1-4,8-10,12-16H,5H2,(H,17,18)/t8-,9+,10-,12?/m1/s1. The molecule has 1 aromatic rings. The fraction of sp³-hybridized carbons (Fsp3) is 0.417. The zero-order valence-electron chi connectivity index (χ0n) is 10.3. The van der Waals surface area contributed by atoms with Gasteiger partial charge >= 0.3 is 5.97 Å². The summed E-state index contributed by atoms with van der Waals surface area (Å²) in [6, 6.07) is 6.02. The number of benzene rings is 1. The van der Waals surface area contributed by atoms with E-state index in [-0.39, 0.29) is 11.3 Å². The van der Waals surface area contributed by atoms with Crippen LogP contribution in [0.1, 0.15) is 10.4 Å². The Kier molecular flexibility index (Phi) is 4.53. The summed E-state index contributed by atoms with van der Waals surface area (Å²) in [6.45, 7) is -0.468. The van der Waals surface area contributed by atoms with Crippen molar-refractivity contribution < 1.29 is 34.8 Å². The number of rotatable bonds is 5. The van der Waals surface area contributed by atoms with Gasteiger partial charge in [0.05, 0.1) is 17.9 Å². The van der Waals surface area contributed by atoms with Gasteiger partial charge in [-0.3, -0.25) is 5.48 Å². The molecular weight excluding hydrogens is 270 g/mol. The molecule has 1 aliphatic rings. The van der Waals surface area contributed by atoms with Crippen LogP contribution >= 0.6 is 0 Å². The molecule has 0 radical (unpaired) electrons. The van der Waals surface area contributed by atoms with Crippen molar-refractivity contribution in [2.75, 3.05) is 12.1 Å². The van der Waals surface area contributed by atoms with Crippen molar-refractivity contribution in [3.8, 4) is 0 Å². The zero-order chi connectivity index (χ0) is 14.7. The molecule has 8 heteroatoms. The highest BCUT2D eigenvalue weighted by molar-refractivity contribution is 5.93. The zero-order valence-corrected chi connectivity index (χ0v) is 10.3. The molecule has 0 aliphatic carbocycles. The van der Waals surface area contributed by atoms with E-state index in [1.54, 1.807) is 12.1 Å². The number of aliphatic hydroxyl groups excluding tert-OH is 3. The van der Waals surface area contributed by atoms with Gasteiger partial charge in [-0.2, -0.15) is 0 Å². The van der Waals surface area contributed by atoms with Crippen LogP contribution in [0.4, 0.5) is 5.69 Å². The quantitative estimate of drug-likeness (QED) is 0.443. The molecule has 1 saturated heterocycles. The molecule has 8 nitrogen and oxygen atoms in total. The average molecular weight is 285 g/mol. The van der Waals surface area contributed by atoms with Gasteiger partial charge in [0.1, 0.15) is 18.3 Å². The fourth-order valence-electron chi connectivity index (χ4n) is 1.84. The maximum Gasteiger partial charge on any atom is 0.337 e. The Balaban J connectivity index is 2.01. The third kappa shape index (κ3) is 2.89. The molecular formula is C12H15NO7. The second-order valence-corrected chi connectivity index (χ2v) is 4.28. The number of para-hydroxylation sites is 1. The maximum absolute atomic E-state index is 11.0. The first kappa shape index (κ1) is 14.7. The second kappa shape index (κ2) is 6.16. The molecule has 1 heterocycles. The van der Waals surface area contributed by atoms with Crippen molar-refractivity contribution in [3.63, 3.8) is 0 Å². The van der Waals surface area contributed by atoms with Crippen LogP contribution in [0.25, 0.3) is 0 Å². The summed E-state index contributed by atoms with van der Waals surface area (Å²) in [7, 11) is 0. The first-order valence-corrected chi connectivity index (χ1v) is 5.91. The van der Waals surface area contributed by atoms with Crippen LogP contribution in [0.15, 0.2) is 24.3 Å². The Morgan fingerprint density at radius 2 is 2.00 bits per heavy atom. The van der Waals surface area contributed by atoms with E-state index < -0.39 is 37.2 Å². The molecule has 20 heavy (non-hydrogen) atoms. The maximum atomic E-state index is 11.0. The highest BCUT2D eigenvalue weighted by Crippen LogP contribution is 2.23. The Labute approximate surface area is 114 Å². The molecule has 0 amide bonds. The van der Waals surface area contributed by atoms with Crippen LogP contribution in [-0.2, 0) is 9.57 Å². The lowest BCUT2D eigenvalue weighted by atomic mass is 10.1. The number of carbonyl (C=O) groups is 1. The minimum Gasteiger partial charge on any atom is -0.478 e. The number of carboxylic acid groups (broad SMARTS) is 1. The van der Waals surface area contributed by atoms with Gasteiger partial charge in [-0.25, -0.2) is 9.63 Å². The number of aliphatic hydroxyl groups is 3. The van der Waals surface area contributed by atoms with Crippen molar-refractivity contribution in [2.45, 2.75) is 24.6 Å². The molecule has 0 spiro atoms. The van der Waals surface area contributed by atoms with Crippen LogP contribution in [0.2, 0.25) is 0 Å². The lowest BCUT2D eigenvalue weighted by Crippen LogP contribution is -2.35. The SMILES string of the molecule is O=C(O)c1ccccc1NOC1O[C@H](CO)[C@H](O)[C@H]1O. The lowest BCUT2D eigenvalue weighted by Gasteiger charge is -2.17. The van der Waals surface area contributed by atoms with E-state index in [1.807, 2.05) is 0 Å². The largest absolute Gasteiger partial charge is 0.478 e. The summed E-state index contributed by atoms with van der Waals surface area (Å²) in [5.41, 5.74) is 2.54. The molecule has 5 N–H and O–H groups in total. The van der Waals surface area contributed by atoms with Crippen LogP contribution in [0.5, 0.6) is 0 Å². The van der Waals surface area contributed by atoms with Gasteiger partial charge in [-0.05, 0) is 12.1 Å². The van der Waals surface area contributed by atoms with Crippen LogP contribution < -0.4 is 5.48 Å². The third-order valence-corrected chi connectivity index (χ3v) is 2.94. The Morgan fingerprint density at radius 3 is 2.60 bits per heavy atom. The van der Waals surface area contributed by atoms with Gasteiger partial charge in [0.25, 0.3) is 0 Å². The predicted molar refractivity (Wildman–Crippen MR) is 65.9 cm³/mol. The molecule has 0 saturated carbocycles. The van der Waals surface area contributed by atoms with Crippen molar-refractivity contribution in [3.05, 3.63) is 29.8 Å². The smallest absolute Gasteiger partial charge is 0.337 e. The van der Waals surface area contributed by atoms with Gasteiger partial charge in [-0.1, -0.05) is 12.1 Å². The number of hydrogen-bond acceptors (Lipinski definition) is 7. The van der Waals surface area contributed by atoms with Gasteiger partial charge in [0, 0.05) is 0 Å². The molecule has 1 aliphatic heterocycles. The summed E-state index contributed by atoms with van der Waals surface area (Å²) in [5, 5.41) is 37.1. The highest BCUT2D eigenvalue weighted by atomic mass is 16.8. The monoisotopic (exact) mass is 285 g/mol. The fourth-order valence-corrected chi connectivity index (χ4v) is 1.84. The highest BCUT2D eigenvalue weighted by Gasteiger charge is 2.43. The van der Waals surface area contributed by atoms with Crippen LogP contribution in [0, 0.1) is 0 Å². The number of aromatic carboxylic acids is 1. The van der Waals surface area contributed by atoms with E-state index >= 15 is 0 Å². The summed E-state index contributed by atoms with van der Waals surface area (Å²) in [6.07, 6.45) is -4.80. The van der Waals surface area contributed by atoms with Crippen molar-refractivity contribution in [1.82, 2.24) is 0 Å². The lowest BCUT2D eigenvalue weighted by molar-refractivity contribution is -0.153. The Morgan fingerprint density at radius 1 is 1.30 bits per heavy atom. The Hall–Kier alpha value is -1.71. The minimum absolute atomic E-state index is 0.0146. The second-order valence-electron chi connectivity index (χ2n) is 4.28. The summed E-state index contributed by atoms with van der Waals surface area (Å²) >= 11 is 0. The molecule has 0 aromatic heterocycles. The molecule has 4 atom stereocenters. The molecule has 1 unspecified atom stereocenters. The molecule has 1 fully saturated rings. The normalized spacial score (nSPS) is 29.4. The predicted octanol–water partition coefficient (Wildman–Crippen LogP) is -0.833. The first-order valence-electron chi connectivity index (χ1n) is 5.91. The van der Waals surface area contributed by atoms with E-state index in [2.05, 4.69) is 5.48 Å². The van der Waals surface area contributed by atoms with E-state index in [0.717, 1.165) is 0 Å². The Bertz CT molecular complexity index is 481. The molecule has 110 valence electrons. The third-order valence-electron chi connectivity index (χ3n) is 2.94. The average Bonchev–Trinajstić information content (AvgIpc) is 2.72. The number of nitrogens with one attached hydrogen (secondary N) is 1.